The first-order chi connectivity index (χ1) is 8.65. The van der Waals surface area contributed by atoms with Crippen LogP contribution < -0.4 is 5.32 Å². The van der Waals surface area contributed by atoms with Crippen molar-refractivity contribution in [2.24, 2.45) is 0 Å². The largest absolute Gasteiger partial charge is 0.476 e. The quantitative estimate of drug-likeness (QED) is 0.786. The molecule has 2 heterocycles. The van der Waals surface area contributed by atoms with Crippen LogP contribution in [0.4, 0.5) is 0 Å². The Labute approximate surface area is 116 Å². The smallest absolute Gasteiger partial charge is 0.358 e. The van der Waals surface area contributed by atoms with Crippen LogP contribution in [0.25, 0.3) is 0 Å². The number of carboxylic acids is 1. The van der Waals surface area contributed by atoms with Gasteiger partial charge in [-0.05, 0) is 22.0 Å². The van der Waals surface area contributed by atoms with E-state index < -0.39 is 5.97 Å². The number of hydrogen-bond donors (Lipinski definition) is 2. The highest BCUT2D eigenvalue weighted by Gasteiger charge is 2.07. The van der Waals surface area contributed by atoms with Gasteiger partial charge in [-0.3, -0.25) is 4.68 Å². The molecule has 0 spiro atoms. The summed E-state index contributed by atoms with van der Waals surface area (Å²) < 4.78 is 2.60. The van der Waals surface area contributed by atoms with Crippen molar-refractivity contribution in [3.8, 4) is 0 Å². The molecule has 2 aromatic rings. The normalized spacial score (nSPS) is 10.7. The molecule has 0 aliphatic rings. The summed E-state index contributed by atoms with van der Waals surface area (Å²) in [5.41, 5.74) is -0.0304. The molecule has 0 radical (unpaired) electrons. The van der Waals surface area contributed by atoms with Crippen LogP contribution >= 0.6 is 27.3 Å². The number of aromatic nitrogens is 3. The Hall–Kier alpha value is -1.25. The third-order valence-corrected chi connectivity index (χ3v) is 3.89. The lowest BCUT2D eigenvalue weighted by Crippen LogP contribution is -2.19. The summed E-state index contributed by atoms with van der Waals surface area (Å²) in [5.74, 6) is -1.06. The van der Waals surface area contributed by atoms with E-state index in [2.05, 4.69) is 37.6 Å². The van der Waals surface area contributed by atoms with E-state index in [1.807, 2.05) is 5.38 Å². The molecule has 2 N–H and O–H groups in total. The van der Waals surface area contributed by atoms with Gasteiger partial charge in [0.05, 0.1) is 12.7 Å². The summed E-state index contributed by atoms with van der Waals surface area (Å²) in [5, 5.41) is 21.2. The van der Waals surface area contributed by atoms with E-state index in [4.69, 9.17) is 5.11 Å². The Morgan fingerprint density at radius 2 is 2.44 bits per heavy atom. The lowest BCUT2D eigenvalue weighted by Gasteiger charge is -2.02. The van der Waals surface area contributed by atoms with Crippen molar-refractivity contribution < 1.29 is 9.90 Å². The third-order valence-electron chi connectivity index (χ3n) is 2.20. The van der Waals surface area contributed by atoms with Crippen molar-refractivity contribution in [1.29, 1.82) is 0 Å². The molecule has 0 atom stereocenters. The molecule has 0 saturated heterocycles. The van der Waals surface area contributed by atoms with Crippen molar-refractivity contribution in [2.75, 3.05) is 6.54 Å². The molecule has 0 aromatic carbocycles. The lowest BCUT2D eigenvalue weighted by atomic mass is 10.4. The minimum atomic E-state index is -1.06. The highest BCUT2D eigenvalue weighted by atomic mass is 79.9. The number of carboxylic acid groups (broad SMARTS) is 1. The van der Waals surface area contributed by atoms with E-state index in [0.717, 1.165) is 11.0 Å². The van der Waals surface area contributed by atoms with Gasteiger partial charge in [-0.15, -0.1) is 16.4 Å². The number of carbonyl (C=O) groups is 1. The van der Waals surface area contributed by atoms with Gasteiger partial charge in [-0.1, -0.05) is 5.21 Å². The topological polar surface area (TPSA) is 80.0 Å². The van der Waals surface area contributed by atoms with Gasteiger partial charge >= 0.3 is 5.97 Å². The second kappa shape index (κ2) is 6.07. The number of nitrogens with one attached hydrogen (secondary N) is 1. The van der Waals surface area contributed by atoms with Gasteiger partial charge in [0.25, 0.3) is 0 Å². The van der Waals surface area contributed by atoms with Gasteiger partial charge in [0.2, 0.25) is 0 Å². The van der Waals surface area contributed by atoms with Crippen LogP contribution in [0.1, 0.15) is 15.4 Å². The zero-order valence-corrected chi connectivity index (χ0v) is 11.7. The number of halogens is 1. The van der Waals surface area contributed by atoms with Gasteiger partial charge in [-0.25, -0.2) is 4.79 Å². The standard InChI is InChI=1S/C10H11BrN4O2S/c11-7-3-8(18-6-7)4-12-1-2-15-5-9(10(16)17)13-14-15/h3,5-6,12H,1-2,4H2,(H,16,17). The average molecular weight is 331 g/mol. The molecule has 0 bridgehead atoms. The number of hydrogen-bond acceptors (Lipinski definition) is 5. The number of aromatic carboxylic acids is 1. The fourth-order valence-electron chi connectivity index (χ4n) is 1.36. The molecular weight excluding hydrogens is 320 g/mol. The summed E-state index contributed by atoms with van der Waals surface area (Å²) in [4.78, 5) is 11.8. The van der Waals surface area contributed by atoms with E-state index >= 15 is 0 Å². The van der Waals surface area contributed by atoms with Gasteiger partial charge in [-0.2, -0.15) is 0 Å². The molecule has 6 nitrogen and oxygen atoms in total. The molecule has 2 rings (SSSR count). The maximum atomic E-state index is 10.6. The predicted octanol–water partition coefficient (Wildman–Crippen LogP) is 1.59. The SMILES string of the molecule is O=C(O)c1cn(CCNCc2cc(Br)cs2)nn1. The Morgan fingerprint density at radius 1 is 1.61 bits per heavy atom. The average Bonchev–Trinajstić information content (AvgIpc) is 2.93. The van der Waals surface area contributed by atoms with E-state index in [-0.39, 0.29) is 5.69 Å². The summed E-state index contributed by atoms with van der Waals surface area (Å²) >= 11 is 5.08. The zero-order valence-electron chi connectivity index (χ0n) is 9.34. The first-order valence-electron chi connectivity index (χ1n) is 5.22. The Kier molecular flexibility index (Phi) is 4.45. The molecule has 0 aliphatic heterocycles. The maximum absolute atomic E-state index is 10.6. The van der Waals surface area contributed by atoms with Crippen LogP contribution in [-0.2, 0) is 13.1 Å². The lowest BCUT2D eigenvalue weighted by molar-refractivity contribution is 0.0690. The van der Waals surface area contributed by atoms with Gasteiger partial charge in [0.15, 0.2) is 5.69 Å². The molecule has 96 valence electrons. The van der Waals surface area contributed by atoms with Crippen LogP contribution in [0.2, 0.25) is 0 Å². The van der Waals surface area contributed by atoms with E-state index in [1.54, 1.807) is 11.3 Å². The minimum Gasteiger partial charge on any atom is -0.476 e. The van der Waals surface area contributed by atoms with Gasteiger partial charge in [0, 0.05) is 27.8 Å². The molecule has 18 heavy (non-hydrogen) atoms. The Balaban J connectivity index is 1.73. The predicted molar refractivity (Wildman–Crippen MR) is 70.7 cm³/mol. The molecule has 0 fully saturated rings. The Morgan fingerprint density at radius 3 is 3.06 bits per heavy atom. The molecule has 0 aliphatic carbocycles. The number of thiophene rings is 1. The van der Waals surface area contributed by atoms with Crippen LogP contribution in [0.5, 0.6) is 0 Å². The van der Waals surface area contributed by atoms with Crippen molar-refractivity contribution >= 4 is 33.2 Å². The van der Waals surface area contributed by atoms with E-state index in [9.17, 15) is 4.79 Å². The zero-order chi connectivity index (χ0) is 13.0. The summed E-state index contributed by atoms with van der Waals surface area (Å²) in [7, 11) is 0. The van der Waals surface area contributed by atoms with E-state index in [1.165, 1.54) is 15.8 Å². The van der Waals surface area contributed by atoms with Gasteiger partial charge < -0.3 is 10.4 Å². The molecule has 2 aromatic heterocycles. The Bertz CT molecular complexity index is 539. The number of rotatable bonds is 6. The van der Waals surface area contributed by atoms with E-state index in [0.29, 0.717) is 13.1 Å². The van der Waals surface area contributed by atoms with Crippen LogP contribution in [0.15, 0.2) is 22.1 Å². The first kappa shape index (κ1) is 13.2. The molecule has 0 amide bonds. The van der Waals surface area contributed by atoms with Crippen LogP contribution in [0, 0.1) is 0 Å². The van der Waals surface area contributed by atoms with Crippen molar-refractivity contribution in [3.63, 3.8) is 0 Å². The molecule has 0 saturated carbocycles. The molecule has 8 heteroatoms. The highest BCUT2D eigenvalue weighted by molar-refractivity contribution is 9.10. The summed E-state index contributed by atoms with van der Waals surface area (Å²) in [6.45, 7) is 2.08. The molecule has 0 unspecified atom stereocenters. The fourth-order valence-corrected chi connectivity index (χ4v) is 2.78. The first-order valence-corrected chi connectivity index (χ1v) is 6.89. The van der Waals surface area contributed by atoms with Crippen molar-refractivity contribution in [1.82, 2.24) is 20.3 Å². The highest BCUT2D eigenvalue weighted by Crippen LogP contribution is 2.19. The second-order valence-electron chi connectivity index (χ2n) is 3.58. The number of nitrogens with zero attached hydrogens (tertiary/aromatic N) is 3. The monoisotopic (exact) mass is 330 g/mol. The van der Waals surface area contributed by atoms with Crippen molar-refractivity contribution in [3.05, 3.63) is 32.7 Å². The van der Waals surface area contributed by atoms with Crippen LogP contribution in [-0.4, -0.2) is 32.6 Å². The van der Waals surface area contributed by atoms with Crippen LogP contribution in [0.3, 0.4) is 0 Å². The summed E-state index contributed by atoms with van der Waals surface area (Å²) in [6, 6.07) is 2.07. The van der Waals surface area contributed by atoms with Gasteiger partial charge in [0.1, 0.15) is 0 Å². The summed E-state index contributed by atoms with van der Waals surface area (Å²) in [6.07, 6.45) is 1.42. The third kappa shape index (κ3) is 3.62. The molecular formula is C10H11BrN4O2S. The van der Waals surface area contributed by atoms with Crippen molar-refractivity contribution in [2.45, 2.75) is 13.1 Å². The second-order valence-corrected chi connectivity index (χ2v) is 5.49. The minimum absolute atomic E-state index is 0.0304. The fraction of sp³-hybridized carbons (Fsp3) is 0.300. The maximum Gasteiger partial charge on any atom is 0.358 e.